The molecule has 1 aliphatic heterocycles. The standard InChI is InChI=1S/C20H25N3O3S/c1-16-7-6-10-19(15-16)27(25,26)21-17(2)20(24)23-13-11-22(12-14-23)18-8-4-3-5-9-18/h3-10,15,17,21H,11-14H2,1-2H3/t17-/m0/s1. The number of carbonyl (C=O) groups is 1. The van der Waals surface area contributed by atoms with Crippen molar-refractivity contribution in [3.8, 4) is 0 Å². The molecule has 0 bridgehead atoms. The van der Waals surface area contributed by atoms with E-state index in [2.05, 4.69) is 21.8 Å². The third-order valence-corrected chi connectivity index (χ3v) is 6.25. The minimum absolute atomic E-state index is 0.177. The molecule has 0 saturated carbocycles. The summed E-state index contributed by atoms with van der Waals surface area (Å²) in [6.07, 6.45) is 0. The van der Waals surface area contributed by atoms with E-state index in [4.69, 9.17) is 0 Å². The molecule has 0 radical (unpaired) electrons. The fourth-order valence-corrected chi connectivity index (χ4v) is 4.53. The lowest BCUT2D eigenvalue weighted by molar-refractivity contribution is -0.132. The van der Waals surface area contributed by atoms with Crippen LogP contribution in [0.2, 0.25) is 0 Å². The molecule has 6 nitrogen and oxygen atoms in total. The number of anilines is 1. The molecule has 1 heterocycles. The summed E-state index contributed by atoms with van der Waals surface area (Å²) in [5.41, 5.74) is 1.99. The van der Waals surface area contributed by atoms with Crippen molar-refractivity contribution in [1.29, 1.82) is 0 Å². The Bertz CT molecular complexity index is 892. The van der Waals surface area contributed by atoms with Gasteiger partial charge in [0.1, 0.15) is 0 Å². The smallest absolute Gasteiger partial charge is 0.241 e. The molecule has 1 amide bonds. The first-order chi connectivity index (χ1) is 12.9. The largest absolute Gasteiger partial charge is 0.368 e. The first-order valence-electron chi connectivity index (χ1n) is 9.04. The van der Waals surface area contributed by atoms with E-state index in [9.17, 15) is 13.2 Å². The molecule has 1 aliphatic rings. The molecule has 2 aromatic carbocycles. The van der Waals surface area contributed by atoms with Crippen molar-refractivity contribution in [2.24, 2.45) is 0 Å². The van der Waals surface area contributed by atoms with E-state index in [0.29, 0.717) is 13.1 Å². The third kappa shape index (κ3) is 4.67. The summed E-state index contributed by atoms with van der Waals surface area (Å²) in [6, 6.07) is 15.9. The van der Waals surface area contributed by atoms with Crippen LogP contribution in [0.1, 0.15) is 12.5 Å². The molecule has 0 unspecified atom stereocenters. The van der Waals surface area contributed by atoms with Crippen LogP contribution in [0.15, 0.2) is 59.5 Å². The van der Waals surface area contributed by atoms with E-state index in [1.807, 2.05) is 31.2 Å². The lowest BCUT2D eigenvalue weighted by Gasteiger charge is -2.37. The van der Waals surface area contributed by atoms with Crippen molar-refractivity contribution in [3.63, 3.8) is 0 Å². The van der Waals surface area contributed by atoms with Crippen LogP contribution < -0.4 is 9.62 Å². The van der Waals surface area contributed by atoms with Crippen molar-refractivity contribution in [3.05, 3.63) is 60.2 Å². The van der Waals surface area contributed by atoms with Gasteiger partial charge < -0.3 is 9.80 Å². The van der Waals surface area contributed by atoms with Gasteiger partial charge in [-0.3, -0.25) is 4.79 Å². The summed E-state index contributed by atoms with van der Waals surface area (Å²) in [7, 11) is -3.73. The molecular weight excluding hydrogens is 362 g/mol. The van der Waals surface area contributed by atoms with E-state index < -0.39 is 16.1 Å². The van der Waals surface area contributed by atoms with Crippen molar-refractivity contribution < 1.29 is 13.2 Å². The minimum Gasteiger partial charge on any atom is -0.368 e. The van der Waals surface area contributed by atoms with E-state index >= 15 is 0 Å². The highest BCUT2D eigenvalue weighted by atomic mass is 32.2. The van der Waals surface area contributed by atoms with Gasteiger partial charge in [-0.05, 0) is 43.7 Å². The van der Waals surface area contributed by atoms with Gasteiger partial charge in [0.2, 0.25) is 15.9 Å². The summed E-state index contributed by atoms with van der Waals surface area (Å²) in [6.45, 7) is 6.04. The van der Waals surface area contributed by atoms with Crippen LogP contribution in [0.3, 0.4) is 0 Å². The molecule has 0 spiro atoms. The maximum Gasteiger partial charge on any atom is 0.241 e. The Morgan fingerprint density at radius 2 is 1.67 bits per heavy atom. The average Bonchev–Trinajstić information content (AvgIpc) is 2.68. The lowest BCUT2D eigenvalue weighted by Crippen LogP contribution is -2.54. The molecule has 144 valence electrons. The Morgan fingerprint density at radius 3 is 2.30 bits per heavy atom. The molecule has 1 saturated heterocycles. The fourth-order valence-electron chi connectivity index (χ4n) is 3.23. The van der Waals surface area contributed by atoms with E-state index in [0.717, 1.165) is 24.3 Å². The minimum atomic E-state index is -3.73. The first-order valence-corrected chi connectivity index (χ1v) is 10.5. The van der Waals surface area contributed by atoms with Crippen LogP contribution in [-0.2, 0) is 14.8 Å². The number of nitrogens with one attached hydrogen (secondary N) is 1. The quantitative estimate of drug-likeness (QED) is 0.852. The van der Waals surface area contributed by atoms with Crippen LogP contribution in [0, 0.1) is 6.92 Å². The molecule has 1 N–H and O–H groups in total. The predicted octanol–water partition coefficient (Wildman–Crippen LogP) is 2.01. The SMILES string of the molecule is Cc1cccc(S(=O)(=O)N[C@@H](C)C(=O)N2CCN(c3ccccc3)CC2)c1. The molecule has 1 atom stereocenters. The number of piperazine rings is 1. The number of rotatable bonds is 5. The van der Waals surface area contributed by atoms with Crippen molar-refractivity contribution in [2.75, 3.05) is 31.1 Å². The maximum atomic E-state index is 12.7. The Hall–Kier alpha value is -2.38. The van der Waals surface area contributed by atoms with Crippen LogP contribution in [-0.4, -0.2) is 51.4 Å². The Kier molecular flexibility index (Phi) is 5.82. The second-order valence-electron chi connectivity index (χ2n) is 6.81. The monoisotopic (exact) mass is 387 g/mol. The molecule has 1 fully saturated rings. The van der Waals surface area contributed by atoms with Gasteiger partial charge in [0.15, 0.2) is 0 Å². The number of hydrogen-bond acceptors (Lipinski definition) is 4. The van der Waals surface area contributed by atoms with Crippen LogP contribution in [0.5, 0.6) is 0 Å². The Balaban J connectivity index is 1.60. The van der Waals surface area contributed by atoms with Crippen molar-refractivity contribution in [2.45, 2.75) is 24.8 Å². The highest BCUT2D eigenvalue weighted by Gasteiger charge is 2.28. The second-order valence-corrected chi connectivity index (χ2v) is 8.52. The second kappa shape index (κ2) is 8.10. The van der Waals surface area contributed by atoms with Gasteiger partial charge in [-0.25, -0.2) is 8.42 Å². The summed E-state index contributed by atoms with van der Waals surface area (Å²) in [5, 5.41) is 0. The summed E-state index contributed by atoms with van der Waals surface area (Å²) < 4.78 is 27.6. The zero-order chi connectivity index (χ0) is 19.4. The first kappa shape index (κ1) is 19.4. The number of benzene rings is 2. The fraction of sp³-hybridized carbons (Fsp3) is 0.350. The summed E-state index contributed by atoms with van der Waals surface area (Å²) >= 11 is 0. The van der Waals surface area contributed by atoms with Gasteiger partial charge in [-0.15, -0.1) is 0 Å². The van der Waals surface area contributed by atoms with Gasteiger partial charge in [0.25, 0.3) is 0 Å². The highest BCUT2D eigenvalue weighted by Crippen LogP contribution is 2.16. The highest BCUT2D eigenvalue weighted by molar-refractivity contribution is 7.89. The Morgan fingerprint density at radius 1 is 1.00 bits per heavy atom. The number of amides is 1. The van der Waals surface area contributed by atoms with Gasteiger partial charge in [0, 0.05) is 31.9 Å². The van der Waals surface area contributed by atoms with Crippen molar-refractivity contribution in [1.82, 2.24) is 9.62 Å². The molecule has 0 aliphatic carbocycles. The zero-order valence-electron chi connectivity index (χ0n) is 15.6. The maximum absolute atomic E-state index is 12.7. The molecule has 3 rings (SSSR count). The van der Waals surface area contributed by atoms with Gasteiger partial charge in [-0.2, -0.15) is 4.72 Å². The topological polar surface area (TPSA) is 69.7 Å². The van der Waals surface area contributed by atoms with E-state index in [-0.39, 0.29) is 10.8 Å². The van der Waals surface area contributed by atoms with Crippen LogP contribution >= 0.6 is 0 Å². The van der Waals surface area contributed by atoms with Gasteiger partial charge >= 0.3 is 0 Å². The number of nitrogens with zero attached hydrogens (tertiary/aromatic N) is 2. The normalized spacial score (nSPS) is 16.2. The number of sulfonamides is 1. The van der Waals surface area contributed by atoms with Crippen LogP contribution in [0.4, 0.5) is 5.69 Å². The summed E-state index contributed by atoms with van der Waals surface area (Å²) in [5.74, 6) is -0.195. The van der Waals surface area contributed by atoms with Gasteiger partial charge in [-0.1, -0.05) is 30.3 Å². The van der Waals surface area contributed by atoms with E-state index in [1.165, 1.54) is 6.07 Å². The third-order valence-electron chi connectivity index (χ3n) is 4.71. The summed E-state index contributed by atoms with van der Waals surface area (Å²) in [4.78, 5) is 16.8. The number of carbonyl (C=O) groups excluding carboxylic acids is 1. The molecule has 27 heavy (non-hydrogen) atoms. The lowest BCUT2D eigenvalue weighted by atomic mass is 10.2. The zero-order valence-corrected chi connectivity index (χ0v) is 16.4. The number of para-hydroxylation sites is 1. The average molecular weight is 388 g/mol. The Labute approximate surface area is 160 Å². The molecule has 2 aromatic rings. The molecule has 7 heteroatoms. The van der Waals surface area contributed by atoms with Gasteiger partial charge in [0.05, 0.1) is 10.9 Å². The molecular formula is C20H25N3O3S. The van der Waals surface area contributed by atoms with E-state index in [1.54, 1.807) is 24.0 Å². The number of aryl methyl sites for hydroxylation is 1. The van der Waals surface area contributed by atoms with Crippen LogP contribution in [0.25, 0.3) is 0 Å². The predicted molar refractivity (Wildman–Crippen MR) is 106 cm³/mol. The molecule has 0 aromatic heterocycles. The van der Waals surface area contributed by atoms with Crippen molar-refractivity contribution >= 4 is 21.6 Å². The number of hydrogen-bond donors (Lipinski definition) is 1.